The lowest BCUT2D eigenvalue weighted by Gasteiger charge is -2.34. The highest BCUT2D eigenvalue weighted by Crippen LogP contribution is 2.25. The first-order valence-electron chi connectivity index (χ1n) is 9.17. The highest BCUT2D eigenvalue weighted by Gasteiger charge is 2.25. The van der Waals surface area contributed by atoms with Gasteiger partial charge < -0.3 is 19.9 Å². The van der Waals surface area contributed by atoms with E-state index in [2.05, 4.69) is 10.2 Å². The van der Waals surface area contributed by atoms with Crippen molar-refractivity contribution in [3.63, 3.8) is 0 Å². The lowest BCUT2D eigenvalue weighted by molar-refractivity contribution is -0.132. The standard InChI is InChI=1S/C17H31N3O2.ClH/c21-17(20-13-8-18-9-14-20)7-12-19-10-5-16(6-11-19)22-15-3-1-2-4-15;/h15-16,18H,1-14H2;1H. The molecular weight excluding hydrogens is 314 g/mol. The SMILES string of the molecule is Cl.O=C(CCN1CCC(OC2CCCC2)CC1)N1CCNCC1. The van der Waals surface area contributed by atoms with Gasteiger partial charge in [-0.15, -0.1) is 12.4 Å². The average Bonchev–Trinajstić information content (AvgIpc) is 3.08. The predicted octanol–water partition coefficient (Wildman–Crippen LogP) is 1.65. The number of halogens is 1. The number of piperazine rings is 1. The minimum absolute atomic E-state index is 0. The average molecular weight is 346 g/mol. The van der Waals surface area contributed by atoms with E-state index in [-0.39, 0.29) is 12.4 Å². The topological polar surface area (TPSA) is 44.8 Å². The summed E-state index contributed by atoms with van der Waals surface area (Å²) in [6, 6.07) is 0. The van der Waals surface area contributed by atoms with Gasteiger partial charge in [-0.05, 0) is 25.7 Å². The van der Waals surface area contributed by atoms with Gasteiger partial charge in [0.2, 0.25) is 5.91 Å². The molecule has 0 aromatic rings. The van der Waals surface area contributed by atoms with Crippen molar-refractivity contribution in [3.05, 3.63) is 0 Å². The third-order valence-electron chi connectivity index (χ3n) is 5.33. The molecule has 2 saturated heterocycles. The fourth-order valence-electron chi connectivity index (χ4n) is 3.89. The first-order valence-corrected chi connectivity index (χ1v) is 9.17. The molecule has 3 fully saturated rings. The molecule has 6 heteroatoms. The van der Waals surface area contributed by atoms with E-state index in [0.717, 1.165) is 58.7 Å². The Bertz CT molecular complexity index is 350. The van der Waals surface area contributed by atoms with Crippen LogP contribution in [0.3, 0.4) is 0 Å². The molecule has 134 valence electrons. The van der Waals surface area contributed by atoms with Crippen molar-refractivity contribution >= 4 is 18.3 Å². The van der Waals surface area contributed by atoms with Crippen molar-refractivity contribution in [2.24, 2.45) is 0 Å². The number of piperidine rings is 1. The number of carbonyl (C=O) groups is 1. The van der Waals surface area contributed by atoms with Crippen LogP contribution in [0.25, 0.3) is 0 Å². The second-order valence-electron chi connectivity index (χ2n) is 6.96. The van der Waals surface area contributed by atoms with Crippen LogP contribution < -0.4 is 5.32 Å². The van der Waals surface area contributed by atoms with Crippen LogP contribution >= 0.6 is 12.4 Å². The van der Waals surface area contributed by atoms with Crippen molar-refractivity contribution in [2.75, 3.05) is 45.8 Å². The van der Waals surface area contributed by atoms with Gasteiger partial charge in [-0.25, -0.2) is 0 Å². The Morgan fingerprint density at radius 1 is 0.957 bits per heavy atom. The third kappa shape index (κ3) is 5.89. The summed E-state index contributed by atoms with van der Waals surface area (Å²) >= 11 is 0. The summed E-state index contributed by atoms with van der Waals surface area (Å²) in [7, 11) is 0. The molecule has 5 nitrogen and oxygen atoms in total. The van der Waals surface area contributed by atoms with E-state index >= 15 is 0 Å². The summed E-state index contributed by atoms with van der Waals surface area (Å²) in [5.74, 6) is 0.325. The quantitative estimate of drug-likeness (QED) is 0.823. The van der Waals surface area contributed by atoms with Gasteiger partial charge >= 0.3 is 0 Å². The Morgan fingerprint density at radius 3 is 2.22 bits per heavy atom. The molecule has 1 N–H and O–H groups in total. The number of nitrogens with one attached hydrogen (secondary N) is 1. The van der Waals surface area contributed by atoms with E-state index in [1.807, 2.05) is 4.90 Å². The number of likely N-dealkylation sites (tertiary alicyclic amines) is 1. The van der Waals surface area contributed by atoms with Crippen molar-refractivity contribution in [3.8, 4) is 0 Å². The lowest BCUT2D eigenvalue weighted by atomic mass is 10.1. The number of amides is 1. The summed E-state index contributed by atoms with van der Waals surface area (Å²) in [5, 5.41) is 3.29. The molecule has 3 aliphatic rings. The Hall–Kier alpha value is -0.360. The van der Waals surface area contributed by atoms with Gasteiger partial charge in [0, 0.05) is 52.2 Å². The number of hydrogen-bond donors (Lipinski definition) is 1. The molecule has 1 amide bonds. The van der Waals surface area contributed by atoms with E-state index in [0.29, 0.717) is 24.5 Å². The van der Waals surface area contributed by atoms with Gasteiger partial charge in [0.1, 0.15) is 0 Å². The van der Waals surface area contributed by atoms with Gasteiger partial charge in [0.05, 0.1) is 12.2 Å². The van der Waals surface area contributed by atoms with E-state index < -0.39 is 0 Å². The van der Waals surface area contributed by atoms with Crippen LogP contribution in [0, 0.1) is 0 Å². The monoisotopic (exact) mass is 345 g/mol. The molecule has 1 aliphatic carbocycles. The fraction of sp³-hybridized carbons (Fsp3) is 0.941. The Kier molecular flexibility index (Phi) is 8.10. The normalized spacial score (nSPS) is 24.6. The van der Waals surface area contributed by atoms with Gasteiger partial charge in [0.25, 0.3) is 0 Å². The summed E-state index contributed by atoms with van der Waals surface area (Å²) in [5.41, 5.74) is 0. The van der Waals surface area contributed by atoms with E-state index in [4.69, 9.17) is 4.74 Å². The molecule has 3 rings (SSSR count). The summed E-state index contributed by atoms with van der Waals surface area (Å²) in [6.45, 7) is 6.72. The number of hydrogen-bond acceptors (Lipinski definition) is 4. The molecule has 0 aromatic carbocycles. The molecular formula is C17H32ClN3O2. The molecule has 0 atom stereocenters. The minimum atomic E-state index is 0. The van der Waals surface area contributed by atoms with Crippen LogP contribution in [0.4, 0.5) is 0 Å². The minimum Gasteiger partial charge on any atom is -0.375 e. The number of rotatable bonds is 5. The maximum absolute atomic E-state index is 12.2. The predicted molar refractivity (Wildman–Crippen MR) is 94.1 cm³/mol. The summed E-state index contributed by atoms with van der Waals surface area (Å²) in [6.07, 6.45) is 9.16. The molecule has 23 heavy (non-hydrogen) atoms. The zero-order chi connectivity index (χ0) is 15.2. The molecule has 0 unspecified atom stereocenters. The van der Waals surface area contributed by atoms with Crippen molar-refractivity contribution < 1.29 is 9.53 Å². The summed E-state index contributed by atoms with van der Waals surface area (Å²) in [4.78, 5) is 16.6. The summed E-state index contributed by atoms with van der Waals surface area (Å²) < 4.78 is 6.21. The van der Waals surface area contributed by atoms with Crippen LogP contribution in [0.15, 0.2) is 0 Å². The van der Waals surface area contributed by atoms with Crippen molar-refractivity contribution in [2.45, 2.75) is 57.2 Å². The fourth-order valence-corrected chi connectivity index (χ4v) is 3.89. The maximum Gasteiger partial charge on any atom is 0.223 e. The Balaban J connectivity index is 0.00000192. The number of nitrogens with zero attached hydrogens (tertiary/aromatic N) is 2. The highest BCUT2D eigenvalue weighted by molar-refractivity contribution is 5.85. The second-order valence-corrected chi connectivity index (χ2v) is 6.96. The highest BCUT2D eigenvalue weighted by atomic mass is 35.5. The lowest BCUT2D eigenvalue weighted by Crippen LogP contribution is -2.47. The molecule has 2 heterocycles. The van der Waals surface area contributed by atoms with Crippen molar-refractivity contribution in [1.82, 2.24) is 15.1 Å². The first-order chi connectivity index (χ1) is 10.8. The molecule has 0 radical (unpaired) electrons. The largest absolute Gasteiger partial charge is 0.375 e. The maximum atomic E-state index is 12.2. The molecule has 0 spiro atoms. The first kappa shape index (κ1) is 19.0. The van der Waals surface area contributed by atoms with Crippen molar-refractivity contribution in [1.29, 1.82) is 0 Å². The van der Waals surface area contributed by atoms with Crippen LogP contribution in [-0.2, 0) is 9.53 Å². The Morgan fingerprint density at radius 2 is 1.57 bits per heavy atom. The van der Waals surface area contributed by atoms with Crippen LogP contribution in [0.5, 0.6) is 0 Å². The molecule has 0 aromatic heterocycles. The zero-order valence-electron chi connectivity index (χ0n) is 14.2. The van der Waals surface area contributed by atoms with Crippen LogP contribution in [0.2, 0.25) is 0 Å². The van der Waals surface area contributed by atoms with E-state index in [1.165, 1.54) is 25.7 Å². The third-order valence-corrected chi connectivity index (χ3v) is 5.33. The van der Waals surface area contributed by atoms with Crippen LogP contribution in [0.1, 0.15) is 44.9 Å². The van der Waals surface area contributed by atoms with Crippen LogP contribution in [-0.4, -0.2) is 73.7 Å². The second kappa shape index (κ2) is 9.82. The van der Waals surface area contributed by atoms with E-state index in [1.54, 1.807) is 0 Å². The van der Waals surface area contributed by atoms with Gasteiger partial charge in [-0.1, -0.05) is 12.8 Å². The van der Waals surface area contributed by atoms with Gasteiger partial charge in [-0.2, -0.15) is 0 Å². The Labute approximate surface area is 146 Å². The smallest absolute Gasteiger partial charge is 0.223 e. The number of ether oxygens (including phenoxy) is 1. The molecule has 2 aliphatic heterocycles. The molecule has 0 bridgehead atoms. The van der Waals surface area contributed by atoms with Gasteiger partial charge in [0.15, 0.2) is 0 Å². The van der Waals surface area contributed by atoms with E-state index in [9.17, 15) is 4.79 Å². The van der Waals surface area contributed by atoms with Gasteiger partial charge in [-0.3, -0.25) is 4.79 Å². The number of carbonyl (C=O) groups excluding carboxylic acids is 1. The molecule has 1 saturated carbocycles. The zero-order valence-corrected chi connectivity index (χ0v) is 15.0.